The van der Waals surface area contributed by atoms with Crippen molar-refractivity contribution in [3.63, 3.8) is 0 Å². The minimum Gasteiger partial charge on any atom is -0.354 e. The van der Waals surface area contributed by atoms with Crippen LogP contribution in [0.5, 0.6) is 0 Å². The molecule has 2 N–H and O–H groups in total. The Morgan fingerprint density at radius 3 is 2.60 bits per heavy atom. The monoisotopic (exact) mass is 224 g/mol. The first-order chi connectivity index (χ1) is 6.80. The van der Waals surface area contributed by atoms with E-state index < -0.39 is 24.0 Å². The van der Waals surface area contributed by atoms with Crippen molar-refractivity contribution < 1.29 is 22.8 Å². The van der Waals surface area contributed by atoms with Gasteiger partial charge in [-0.25, -0.2) is 0 Å². The van der Waals surface area contributed by atoms with Gasteiger partial charge in [-0.2, -0.15) is 13.2 Å². The van der Waals surface area contributed by atoms with Crippen LogP contribution in [-0.2, 0) is 9.59 Å². The Hall–Kier alpha value is -1.27. The third-order valence-electron chi connectivity index (χ3n) is 2.21. The molecule has 0 radical (unpaired) electrons. The molecule has 0 aromatic heterocycles. The number of hydrogen-bond acceptors (Lipinski definition) is 2. The highest BCUT2D eigenvalue weighted by molar-refractivity contribution is 5.83. The Balaban J connectivity index is 2.45. The van der Waals surface area contributed by atoms with E-state index in [-0.39, 0.29) is 18.9 Å². The summed E-state index contributed by atoms with van der Waals surface area (Å²) in [7, 11) is 0. The van der Waals surface area contributed by atoms with Gasteiger partial charge in [0.05, 0.1) is 6.04 Å². The molecule has 2 atom stereocenters. The minimum absolute atomic E-state index is 0.0380. The summed E-state index contributed by atoms with van der Waals surface area (Å²) in [5.74, 6) is -3.41. The topological polar surface area (TPSA) is 58.2 Å². The van der Waals surface area contributed by atoms with Crippen LogP contribution in [0.4, 0.5) is 13.2 Å². The molecule has 1 fully saturated rings. The van der Waals surface area contributed by atoms with E-state index >= 15 is 0 Å². The predicted octanol–water partition coefficient (Wildman–Crippen LogP) is 0.189. The van der Waals surface area contributed by atoms with E-state index in [2.05, 4.69) is 10.6 Å². The van der Waals surface area contributed by atoms with Crippen LogP contribution in [-0.4, -0.2) is 30.6 Å². The van der Waals surface area contributed by atoms with Crippen LogP contribution in [0.2, 0.25) is 0 Å². The molecule has 0 saturated carbocycles. The zero-order valence-corrected chi connectivity index (χ0v) is 8.02. The number of carbonyl (C=O) groups excluding carboxylic acids is 2. The molecule has 1 saturated heterocycles. The van der Waals surface area contributed by atoms with E-state index in [1.54, 1.807) is 0 Å². The molecule has 2 amide bonds. The van der Waals surface area contributed by atoms with Crippen LogP contribution in [0.25, 0.3) is 0 Å². The molecular weight excluding hydrogens is 213 g/mol. The van der Waals surface area contributed by atoms with Crippen molar-refractivity contribution in [3.8, 4) is 0 Å². The molecule has 1 aliphatic rings. The molecule has 1 aliphatic heterocycles. The molecule has 0 aromatic rings. The fourth-order valence-electron chi connectivity index (χ4n) is 1.18. The zero-order chi connectivity index (χ0) is 11.6. The third kappa shape index (κ3) is 3.10. The van der Waals surface area contributed by atoms with Crippen molar-refractivity contribution in [2.24, 2.45) is 5.92 Å². The number of halogens is 3. The Morgan fingerprint density at radius 2 is 2.20 bits per heavy atom. The van der Waals surface area contributed by atoms with Crippen molar-refractivity contribution in [2.45, 2.75) is 25.6 Å². The highest BCUT2D eigenvalue weighted by atomic mass is 19.4. The van der Waals surface area contributed by atoms with E-state index in [0.717, 1.165) is 6.92 Å². The summed E-state index contributed by atoms with van der Waals surface area (Å²) in [4.78, 5) is 21.8. The zero-order valence-electron chi connectivity index (χ0n) is 8.02. The molecule has 0 spiro atoms. The second-order valence-corrected chi connectivity index (χ2v) is 3.48. The van der Waals surface area contributed by atoms with E-state index in [1.165, 1.54) is 0 Å². The van der Waals surface area contributed by atoms with E-state index in [1.807, 2.05) is 0 Å². The van der Waals surface area contributed by atoms with Gasteiger partial charge < -0.3 is 10.6 Å². The van der Waals surface area contributed by atoms with E-state index in [4.69, 9.17) is 0 Å². The van der Waals surface area contributed by atoms with Crippen LogP contribution in [0.15, 0.2) is 0 Å². The summed E-state index contributed by atoms with van der Waals surface area (Å²) < 4.78 is 36.3. The van der Waals surface area contributed by atoms with Crippen molar-refractivity contribution in [1.29, 1.82) is 0 Å². The second kappa shape index (κ2) is 4.08. The number of carbonyl (C=O) groups is 2. The normalized spacial score (nSPS) is 23.5. The van der Waals surface area contributed by atoms with Gasteiger partial charge in [0, 0.05) is 13.0 Å². The first kappa shape index (κ1) is 11.8. The highest BCUT2D eigenvalue weighted by Crippen LogP contribution is 2.25. The van der Waals surface area contributed by atoms with Crippen LogP contribution in [0.3, 0.4) is 0 Å². The molecule has 1 rings (SSSR count). The lowest BCUT2D eigenvalue weighted by molar-refractivity contribution is -0.179. The maximum absolute atomic E-state index is 12.1. The van der Waals surface area contributed by atoms with Crippen LogP contribution < -0.4 is 10.6 Å². The molecule has 0 aliphatic carbocycles. The van der Waals surface area contributed by atoms with Gasteiger partial charge >= 0.3 is 6.18 Å². The van der Waals surface area contributed by atoms with Gasteiger partial charge in [0.25, 0.3) is 0 Å². The Labute approximate surface area is 84.2 Å². The van der Waals surface area contributed by atoms with E-state index in [0.29, 0.717) is 0 Å². The maximum atomic E-state index is 12.1. The smallest absolute Gasteiger partial charge is 0.354 e. The first-order valence-corrected chi connectivity index (χ1v) is 4.44. The van der Waals surface area contributed by atoms with Crippen LogP contribution in [0.1, 0.15) is 13.3 Å². The number of hydrogen-bond donors (Lipinski definition) is 2. The summed E-state index contributed by atoms with van der Waals surface area (Å²) in [6.07, 6.45) is -4.50. The predicted molar refractivity (Wildman–Crippen MR) is 44.8 cm³/mol. The van der Waals surface area contributed by atoms with Gasteiger partial charge in [0.1, 0.15) is 5.92 Å². The van der Waals surface area contributed by atoms with E-state index in [9.17, 15) is 22.8 Å². The lowest BCUT2D eigenvalue weighted by Gasteiger charge is -2.17. The average Bonchev–Trinajstić information content (AvgIpc) is 2.48. The van der Waals surface area contributed by atoms with Crippen molar-refractivity contribution in [1.82, 2.24) is 10.6 Å². The molecule has 86 valence electrons. The van der Waals surface area contributed by atoms with Crippen molar-refractivity contribution >= 4 is 11.8 Å². The summed E-state index contributed by atoms with van der Waals surface area (Å²) in [6, 6.07) is -0.533. The number of nitrogens with one attached hydrogen (secondary N) is 2. The molecule has 15 heavy (non-hydrogen) atoms. The Bertz CT molecular complexity index is 278. The quantitative estimate of drug-likeness (QED) is 0.703. The number of amides is 2. The van der Waals surface area contributed by atoms with Gasteiger partial charge in [0.2, 0.25) is 11.8 Å². The standard InChI is InChI=1S/C8H11F3N2O2/c1-4(8(9,10)11)7(15)13-5-2-6(14)12-3-5/h4-5H,2-3H2,1H3,(H,12,14)(H,13,15). The Morgan fingerprint density at radius 1 is 1.60 bits per heavy atom. The maximum Gasteiger partial charge on any atom is 0.400 e. The third-order valence-corrected chi connectivity index (χ3v) is 2.21. The fraction of sp³-hybridized carbons (Fsp3) is 0.750. The summed E-state index contributed by atoms with van der Waals surface area (Å²) in [5.41, 5.74) is 0. The van der Waals surface area contributed by atoms with Crippen LogP contribution in [0, 0.1) is 5.92 Å². The molecule has 4 nitrogen and oxygen atoms in total. The molecule has 0 aromatic carbocycles. The molecule has 2 unspecified atom stereocenters. The molecule has 1 heterocycles. The summed E-state index contributed by atoms with van der Waals surface area (Å²) >= 11 is 0. The highest BCUT2D eigenvalue weighted by Gasteiger charge is 2.42. The lowest BCUT2D eigenvalue weighted by atomic mass is 10.1. The van der Waals surface area contributed by atoms with Gasteiger partial charge in [-0.1, -0.05) is 0 Å². The van der Waals surface area contributed by atoms with Gasteiger partial charge in [0.15, 0.2) is 0 Å². The molecule has 0 bridgehead atoms. The second-order valence-electron chi connectivity index (χ2n) is 3.48. The summed E-state index contributed by atoms with van der Waals surface area (Å²) in [6.45, 7) is 0.981. The van der Waals surface area contributed by atoms with Gasteiger partial charge in [-0.05, 0) is 6.92 Å². The molecular formula is C8H11F3N2O2. The first-order valence-electron chi connectivity index (χ1n) is 4.44. The largest absolute Gasteiger partial charge is 0.400 e. The average molecular weight is 224 g/mol. The minimum atomic E-state index is -4.54. The lowest BCUT2D eigenvalue weighted by Crippen LogP contribution is -2.43. The number of rotatable bonds is 2. The van der Waals surface area contributed by atoms with Gasteiger partial charge in [-0.3, -0.25) is 9.59 Å². The van der Waals surface area contributed by atoms with Gasteiger partial charge in [-0.15, -0.1) is 0 Å². The van der Waals surface area contributed by atoms with Crippen molar-refractivity contribution in [3.05, 3.63) is 0 Å². The van der Waals surface area contributed by atoms with Crippen LogP contribution >= 0.6 is 0 Å². The van der Waals surface area contributed by atoms with Crippen molar-refractivity contribution in [2.75, 3.05) is 6.54 Å². The Kier molecular flexibility index (Phi) is 3.21. The SMILES string of the molecule is CC(C(=O)NC1CNC(=O)C1)C(F)(F)F. The molecule has 7 heteroatoms. The number of alkyl halides is 3. The summed E-state index contributed by atoms with van der Waals surface area (Å²) in [5, 5.41) is 4.59. The fourth-order valence-corrected chi connectivity index (χ4v) is 1.18.